The van der Waals surface area contributed by atoms with Gasteiger partial charge in [0.05, 0.1) is 0 Å². The summed E-state index contributed by atoms with van der Waals surface area (Å²) in [7, 11) is 0. The Morgan fingerprint density at radius 1 is 1.08 bits per heavy atom. The van der Waals surface area contributed by atoms with E-state index < -0.39 is 11.4 Å². The molecule has 0 bridgehead atoms. The highest BCUT2D eigenvalue weighted by atomic mass is 16.3. The van der Waals surface area contributed by atoms with Gasteiger partial charge in [-0.15, -0.1) is 0 Å². The summed E-state index contributed by atoms with van der Waals surface area (Å²) in [6, 6.07) is 18.4. The van der Waals surface area contributed by atoms with E-state index in [2.05, 4.69) is 61.3 Å². The number of furan rings is 1. The van der Waals surface area contributed by atoms with Crippen LogP contribution in [0.25, 0.3) is 28.2 Å². The maximum Gasteiger partial charge on any atom is 0.262 e. The molecule has 3 aromatic rings. The Morgan fingerprint density at radius 3 is 2.39 bits per heavy atom. The van der Waals surface area contributed by atoms with Gasteiger partial charge < -0.3 is 19.7 Å². The van der Waals surface area contributed by atoms with Crippen molar-refractivity contribution < 1.29 is 14.3 Å². The van der Waals surface area contributed by atoms with Gasteiger partial charge in [-0.3, -0.25) is 4.79 Å². The molecule has 1 aliphatic rings. The van der Waals surface area contributed by atoms with Crippen LogP contribution >= 0.6 is 0 Å². The molecule has 2 aromatic carbocycles. The Kier molecular flexibility index (Phi) is 10.2. The summed E-state index contributed by atoms with van der Waals surface area (Å²) in [6.07, 6.45) is 5.66. The molecule has 2 heterocycles. The number of hydrogen-bond donors (Lipinski definition) is 2. The summed E-state index contributed by atoms with van der Waals surface area (Å²) in [5, 5.41) is 23.7. The van der Waals surface area contributed by atoms with E-state index in [1.807, 2.05) is 18.2 Å². The average molecular weight is 516 g/mol. The summed E-state index contributed by atoms with van der Waals surface area (Å²) >= 11 is 0. The van der Waals surface area contributed by atoms with E-state index in [1.54, 1.807) is 19.9 Å². The fourth-order valence-corrected chi connectivity index (χ4v) is 4.33. The van der Waals surface area contributed by atoms with Gasteiger partial charge in [0.25, 0.3) is 5.91 Å². The number of piperidine rings is 1. The summed E-state index contributed by atoms with van der Waals surface area (Å²) in [6.45, 7) is 12.3. The summed E-state index contributed by atoms with van der Waals surface area (Å²) in [4.78, 5) is 15.0. The minimum Gasteiger partial charge on any atom is -0.457 e. The molecule has 2 N–H and O–H groups in total. The standard InChI is InChI=1S/C28H31N3O3.C4H10/c1-28(2,12-15-32)30-27(33)23(19-29)18-25-10-11-26(34-25)22-7-6-21-17-24(9-8-20(21)16-22)31-13-4-3-5-14-31;1-4(2)3/h6-11,16-18,32H,3-5,12-15H2,1-2H3,(H,30,33);4H,1-3H3/b23-18+;. The van der Waals surface area contributed by atoms with Crippen molar-refractivity contribution in [2.45, 2.75) is 65.8 Å². The highest BCUT2D eigenvalue weighted by Gasteiger charge is 2.22. The van der Waals surface area contributed by atoms with E-state index in [0.717, 1.165) is 30.0 Å². The van der Waals surface area contributed by atoms with Crippen LogP contribution in [-0.4, -0.2) is 36.2 Å². The number of amides is 1. The third-order valence-corrected chi connectivity index (χ3v) is 6.30. The first-order valence-corrected chi connectivity index (χ1v) is 13.6. The number of carbonyl (C=O) groups excluding carboxylic acids is 1. The fraction of sp³-hybridized carbons (Fsp3) is 0.438. The van der Waals surface area contributed by atoms with Gasteiger partial charge in [-0.05, 0) is 86.6 Å². The number of aliphatic hydroxyl groups is 1. The minimum absolute atomic E-state index is 0.0457. The lowest BCUT2D eigenvalue weighted by Gasteiger charge is -2.29. The van der Waals surface area contributed by atoms with Gasteiger partial charge in [-0.1, -0.05) is 39.0 Å². The van der Waals surface area contributed by atoms with Crippen LogP contribution in [0.5, 0.6) is 0 Å². The normalized spacial score (nSPS) is 14.2. The molecular weight excluding hydrogens is 474 g/mol. The third kappa shape index (κ3) is 8.22. The number of fused-ring (bicyclic) bond motifs is 1. The van der Waals surface area contributed by atoms with E-state index in [-0.39, 0.29) is 12.2 Å². The van der Waals surface area contributed by atoms with Crippen LogP contribution in [0, 0.1) is 17.2 Å². The number of nitrogens with one attached hydrogen (secondary N) is 1. The Bertz CT molecular complexity index is 1290. The highest BCUT2D eigenvalue weighted by molar-refractivity contribution is 6.01. The lowest BCUT2D eigenvalue weighted by molar-refractivity contribution is -0.118. The first-order chi connectivity index (χ1) is 18.1. The van der Waals surface area contributed by atoms with Gasteiger partial charge in [0.2, 0.25) is 0 Å². The predicted octanol–water partition coefficient (Wildman–Crippen LogP) is 6.94. The first kappa shape index (κ1) is 29.0. The van der Waals surface area contributed by atoms with E-state index >= 15 is 0 Å². The Morgan fingerprint density at radius 2 is 1.74 bits per heavy atom. The molecule has 0 aliphatic carbocycles. The molecule has 0 saturated carbocycles. The second-order valence-electron chi connectivity index (χ2n) is 11.2. The number of hydrogen-bond acceptors (Lipinski definition) is 5. The molecule has 4 rings (SSSR count). The van der Waals surface area contributed by atoms with E-state index in [1.165, 1.54) is 36.4 Å². The lowest BCUT2D eigenvalue weighted by atomic mass is 10.0. The van der Waals surface area contributed by atoms with Crippen LogP contribution in [0.2, 0.25) is 0 Å². The number of nitriles is 1. The molecule has 0 spiro atoms. The summed E-state index contributed by atoms with van der Waals surface area (Å²) in [5.41, 5.74) is 1.55. The van der Waals surface area contributed by atoms with Crippen molar-refractivity contribution in [3.8, 4) is 17.4 Å². The number of rotatable bonds is 7. The van der Waals surface area contributed by atoms with Crippen LogP contribution < -0.4 is 10.2 Å². The molecule has 0 atom stereocenters. The van der Waals surface area contributed by atoms with Crippen molar-refractivity contribution in [2.75, 3.05) is 24.6 Å². The molecule has 1 fully saturated rings. The van der Waals surface area contributed by atoms with Crippen LogP contribution in [-0.2, 0) is 4.79 Å². The largest absolute Gasteiger partial charge is 0.457 e. The molecule has 0 radical (unpaired) electrons. The van der Waals surface area contributed by atoms with Gasteiger partial charge in [-0.25, -0.2) is 0 Å². The number of carbonyl (C=O) groups is 1. The zero-order valence-electron chi connectivity index (χ0n) is 23.4. The highest BCUT2D eigenvalue weighted by Crippen LogP contribution is 2.30. The molecule has 6 nitrogen and oxygen atoms in total. The van der Waals surface area contributed by atoms with Crippen molar-refractivity contribution >= 4 is 28.4 Å². The number of aliphatic hydroxyl groups excluding tert-OH is 1. The SMILES string of the molecule is CC(C)(CCO)NC(=O)/C(C#N)=C/c1ccc(-c2ccc3cc(N4CCCCC4)ccc3c2)o1.CC(C)C. The molecule has 0 unspecified atom stereocenters. The zero-order chi connectivity index (χ0) is 27.7. The van der Waals surface area contributed by atoms with Gasteiger partial charge in [-0.2, -0.15) is 5.26 Å². The van der Waals surface area contributed by atoms with Crippen molar-refractivity contribution in [1.82, 2.24) is 5.32 Å². The van der Waals surface area contributed by atoms with Gasteiger partial charge in [0, 0.05) is 42.6 Å². The lowest BCUT2D eigenvalue weighted by Crippen LogP contribution is -2.44. The Hall–Kier alpha value is -3.56. The Balaban J connectivity index is 0.000000934. The molecule has 1 aromatic heterocycles. The first-order valence-electron chi connectivity index (χ1n) is 13.6. The topological polar surface area (TPSA) is 89.5 Å². The van der Waals surface area contributed by atoms with Crippen LogP contribution in [0.3, 0.4) is 0 Å². The third-order valence-electron chi connectivity index (χ3n) is 6.30. The average Bonchev–Trinajstić information content (AvgIpc) is 3.35. The summed E-state index contributed by atoms with van der Waals surface area (Å²) in [5.74, 6) is 1.45. The molecule has 1 saturated heterocycles. The molecule has 38 heavy (non-hydrogen) atoms. The Labute approximate surface area is 227 Å². The van der Waals surface area contributed by atoms with Crippen molar-refractivity contribution in [3.05, 3.63) is 59.9 Å². The molecule has 1 amide bonds. The quantitative estimate of drug-likeness (QED) is 0.263. The summed E-state index contributed by atoms with van der Waals surface area (Å²) < 4.78 is 5.94. The molecule has 202 valence electrons. The van der Waals surface area contributed by atoms with Crippen molar-refractivity contribution in [3.63, 3.8) is 0 Å². The predicted molar refractivity (Wildman–Crippen MR) is 156 cm³/mol. The minimum atomic E-state index is -0.616. The van der Waals surface area contributed by atoms with E-state index in [4.69, 9.17) is 9.52 Å². The number of benzene rings is 2. The smallest absolute Gasteiger partial charge is 0.262 e. The van der Waals surface area contributed by atoms with E-state index in [0.29, 0.717) is 17.9 Å². The van der Waals surface area contributed by atoms with Gasteiger partial charge in [0.15, 0.2) is 0 Å². The second kappa shape index (κ2) is 13.3. The van der Waals surface area contributed by atoms with Crippen molar-refractivity contribution in [1.29, 1.82) is 5.26 Å². The van der Waals surface area contributed by atoms with Crippen LogP contribution in [0.4, 0.5) is 5.69 Å². The molecular formula is C32H41N3O3. The monoisotopic (exact) mass is 515 g/mol. The second-order valence-corrected chi connectivity index (χ2v) is 11.2. The number of anilines is 1. The van der Waals surface area contributed by atoms with Crippen LogP contribution in [0.1, 0.15) is 66.1 Å². The van der Waals surface area contributed by atoms with Crippen molar-refractivity contribution in [2.24, 2.45) is 5.92 Å². The maximum atomic E-state index is 12.5. The van der Waals surface area contributed by atoms with Gasteiger partial charge >= 0.3 is 0 Å². The van der Waals surface area contributed by atoms with E-state index in [9.17, 15) is 10.1 Å². The van der Waals surface area contributed by atoms with Gasteiger partial charge in [0.1, 0.15) is 23.2 Å². The van der Waals surface area contributed by atoms with Crippen LogP contribution in [0.15, 0.2) is 58.5 Å². The molecule has 6 heteroatoms. The fourth-order valence-electron chi connectivity index (χ4n) is 4.33. The number of nitrogens with zero attached hydrogens (tertiary/aromatic N) is 2. The zero-order valence-corrected chi connectivity index (χ0v) is 23.4. The maximum absolute atomic E-state index is 12.5. The molecule has 1 aliphatic heterocycles.